The normalized spacial score (nSPS) is 34.6. The Labute approximate surface area is 85.8 Å². The maximum Gasteiger partial charge on any atom is 0.327 e. The molecule has 1 aliphatic rings. The summed E-state index contributed by atoms with van der Waals surface area (Å²) in [7, 11) is 0. The van der Waals surface area contributed by atoms with Crippen molar-refractivity contribution in [2.45, 2.75) is 34.9 Å². The van der Waals surface area contributed by atoms with E-state index in [2.05, 4.69) is 0 Å². The zero-order chi connectivity index (χ0) is 9.41. The number of alkyl halides is 3. The Balaban J connectivity index is 2.91. The van der Waals surface area contributed by atoms with Crippen LogP contribution in [0.5, 0.6) is 0 Å². The summed E-state index contributed by atoms with van der Waals surface area (Å²) in [5, 5.41) is 8.83. The van der Waals surface area contributed by atoms with Crippen LogP contribution in [0, 0.1) is 0 Å². The molecule has 0 saturated heterocycles. The van der Waals surface area contributed by atoms with Gasteiger partial charge >= 0.3 is 5.97 Å². The number of hydrogen-bond donors (Lipinski definition) is 1. The average molecular weight is 232 g/mol. The van der Waals surface area contributed by atoms with Crippen LogP contribution in [0.1, 0.15) is 25.7 Å². The third-order valence-corrected chi connectivity index (χ3v) is 4.07. The summed E-state index contributed by atoms with van der Waals surface area (Å²) in [4.78, 5) is 9.29. The van der Waals surface area contributed by atoms with Crippen molar-refractivity contribution in [3.63, 3.8) is 0 Å². The number of rotatable bonds is 1. The van der Waals surface area contributed by atoms with E-state index in [9.17, 15) is 4.79 Å². The molecule has 1 rings (SSSR count). The van der Waals surface area contributed by atoms with Crippen molar-refractivity contribution < 1.29 is 9.90 Å². The van der Waals surface area contributed by atoms with Crippen LogP contribution < -0.4 is 0 Å². The standard InChI is InChI=1S/C7H9Cl3O2/c8-6(5(11)12)3-1-2-4-7(6,9)10/h1-4H2,(H,11,12). The Morgan fingerprint density at radius 1 is 1.17 bits per heavy atom. The number of carboxylic acids is 1. The van der Waals surface area contributed by atoms with Gasteiger partial charge in [-0.3, -0.25) is 4.79 Å². The fraction of sp³-hybridized carbons (Fsp3) is 0.857. The number of hydrogen-bond acceptors (Lipinski definition) is 1. The van der Waals surface area contributed by atoms with Gasteiger partial charge in [0.1, 0.15) is 4.33 Å². The minimum absolute atomic E-state index is 0.330. The van der Waals surface area contributed by atoms with Crippen LogP contribution in [0.2, 0.25) is 0 Å². The van der Waals surface area contributed by atoms with Gasteiger partial charge < -0.3 is 5.11 Å². The Kier molecular flexibility index (Phi) is 2.81. The fourth-order valence-electron chi connectivity index (χ4n) is 1.36. The predicted octanol–water partition coefficient (Wildman–Crippen LogP) is 2.80. The van der Waals surface area contributed by atoms with Gasteiger partial charge in [0.05, 0.1) is 0 Å². The molecule has 5 heteroatoms. The molecular formula is C7H9Cl3O2. The highest BCUT2D eigenvalue weighted by Gasteiger charge is 2.55. The van der Waals surface area contributed by atoms with E-state index in [-0.39, 0.29) is 0 Å². The van der Waals surface area contributed by atoms with Crippen LogP contribution in [0.4, 0.5) is 0 Å². The van der Waals surface area contributed by atoms with Crippen molar-refractivity contribution in [2.24, 2.45) is 0 Å². The van der Waals surface area contributed by atoms with E-state index in [4.69, 9.17) is 39.9 Å². The lowest BCUT2D eigenvalue weighted by Crippen LogP contribution is -2.50. The highest BCUT2D eigenvalue weighted by molar-refractivity contribution is 6.56. The lowest BCUT2D eigenvalue weighted by molar-refractivity contribution is -0.141. The van der Waals surface area contributed by atoms with Gasteiger partial charge in [0.2, 0.25) is 0 Å². The quantitative estimate of drug-likeness (QED) is 0.705. The van der Waals surface area contributed by atoms with Crippen LogP contribution in [0.15, 0.2) is 0 Å². The summed E-state index contributed by atoms with van der Waals surface area (Å²) in [6, 6.07) is 0. The van der Waals surface area contributed by atoms with Gasteiger partial charge in [-0.1, -0.05) is 36.0 Å². The van der Waals surface area contributed by atoms with Crippen molar-refractivity contribution in [2.75, 3.05) is 0 Å². The fourth-order valence-corrected chi connectivity index (χ4v) is 2.21. The summed E-state index contributed by atoms with van der Waals surface area (Å²) < 4.78 is -1.33. The lowest BCUT2D eigenvalue weighted by Gasteiger charge is -2.38. The highest BCUT2D eigenvalue weighted by atomic mass is 35.5. The van der Waals surface area contributed by atoms with Crippen LogP contribution >= 0.6 is 34.8 Å². The molecule has 1 fully saturated rings. The van der Waals surface area contributed by atoms with Gasteiger partial charge in [-0.2, -0.15) is 0 Å². The summed E-state index contributed by atoms with van der Waals surface area (Å²) in [6.07, 6.45) is 2.36. The lowest BCUT2D eigenvalue weighted by atomic mass is 9.87. The number of carbonyl (C=O) groups is 1. The van der Waals surface area contributed by atoms with E-state index >= 15 is 0 Å². The summed E-state index contributed by atoms with van der Waals surface area (Å²) >= 11 is 17.5. The maximum atomic E-state index is 10.8. The maximum absolute atomic E-state index is 10.8. The van der Waals surface area contributed by atoms with Crippen LogP contribution in [0.3, 0.4) is 0 Å². The Hall–Kier alpha value is 0.340. The predicted molar refractivity (Wildman–Crippen MR) is 49.1 cm³/mol. The molecule has 1 aliphatic carbocycles. The molecule has 12 heavy (non-hydrogen) atoms. The zero-order valence-electron chi connectivity index (χ0n) is 6.32. The zero-order valence-corrected chi connectivity index (χ0v) is 8.59. The molecule has 0 amide bonds. The van der Waals surface area contributed by atoms with E-state index in [1.54, 1.807) is 0 Å². The van der Waals surface area contributed by atoms with Gasteiger partial charge in [0, 0.05) is 0 Å². The molecule has 0 spiro atoms. The Morgan fingerprint density at radius 3 is 2.00 bits per heavy atom. The Bertz CT molecular complexity index is 205. The smallest absolute Gasteiger partial charge is 0.327 e. The van der Waals surface area contributed by atoms with Gasteiger partial charge in [0.15, 0.2) is 4.87 Å². The molecule has 0 aromatic carbocycles. The van der Waals surface area contributed by atoms with Crippen molar-refractivity contribution in [1.29, 1.82) is 0 Å². The van der Waals surface area contributed by atoms with Crippen molar-refractivity contribution in [3.8, 4) is 0 Å². The second kappa shape index (κ2) is 3.24. The SMILES string of the molecule is O=C(O)C1(Cl)CCCCC1(Cl)Cl. The molecule has 0 radical (unpaired) electrons. The molecule has 2 nitrogen and oxygen atoms in total. The third-order valence-electron chi connectivity index (χ3n) is 2.18. The largest absolute Gasteiger partial charge is 0.480 e. The second-order valence-corrected chi connectivity index (χ2v) is 5.15. The van der Waals surface area contributed by atoms with E-state index < -0.39 is 15.2 Å². The average Bonchev–Trinajstić information content (AvgIpc) is 1.95. The summed E-state index contributed by atoms with van der Waals surface area (Å²) in [5.74, 6) is -1.13. The van der Waals surface area contributed by atoms with Crippen molar-refractivity contribution >= 4 is 40.8 Å². The van der Waals surface area contributed by atoms with Gasteiger partial charge in [-0.15, -0.1) is 11.6 Å². The van der Waals surface area contributed by atoms with Crippen molar-refractivity contribution in [3.05, 3.63) is 0 Å². The van der Waals surface area contributed by atoms with Crippen LogP contribution in [-0.4, -0.2) is 20.3 Å². The molecular weight excluding hydrogens is 222 g/mol. The third kappa shape index (κ3) is 1.52. The highest BCUT2D eigenvalue weighted by Crippen LogP contribution is 2.49. The van der Waals surface area contributed by atoms with E-state index in [0.717, 1.165) is 12.8 Å². The van der Waals surface area contributed by atoms with E-state index in [1.165, 1.54) is 0 Å². The second-order valence-electron chi connectivity index (χ2n) is 3.02. The van der Waals surface area contributed by atoms with Crippen LogP contribution in [-0.2, 0) is 4.79 Å². The molecule has 1 N–H and O–H groups in total. The first kappa shape index (κ1) is 10.4. The molecule has 0 heterocycles. The topological polar surface area (TPSA) is 37.3 Å². The van der Waals surface area contributed by atoms with E-state index in [0.29, 0.717) is 12.8 Å². The summed E-state index contributed by atoms with van der Waals surface area (Å²) in [6.45, 7) is 0. The van der Waals surface area contributed by atoms with E-state index in [1.807, 2.05) is 0 Å². The van der Waals surface area contributed by atoms with Gasteiger partial charge in [-0.05, 0) is 12.8 Å². The molecule has 70 valence electrons. The molecule has 1 atom stereocenters. The molecule has 0 aromatic heterocycles. The molecule has 0 aromatic rings. The minimum atomic E-state index is -1.51. The van der Waals surface area contributed by atoms with Crippen molar-refractivity contribution in [1.82, 2.24) is 0 Å². The van der Waals surface area contributed by atoms with Gasteiger partial charge in [0.25, 0.3) is 0 Å². The molecule has 1 unspecified atom stereocenters. The minimum Gasteiger partial charge on any atom is -0.480 e. The first-order valence-electron chi connectivity index (χ1n) is 3.70. The number of halogens is 3. The molecule has 1 saturated carbocycles. The Morgan fingerprint density at radius 2 is 1.67 bits per heavy atom. The van der Waals surface area contributed by atoms with Crippen LogP contribution in [0.25, 0.3) is 0 Å². The first-order chi connectivity index (χ1) is 5.40. The summed E-state index contributed by atoms with van der Waals surface area (Å²) in [5.41, 5.74) is 0. The van der Waals surface area contributed by atoms with Gasteiger partial charge in [-0.25, -0.2) is 0 Å². The number of carboxylic acid groups (broad SMARTS) is 1. The molecule has 0 aliphatic heterocycles. The number of aliphatic carboxylic acids is 1. The first-order valence-corrected chi connectivity index (χ1v) is 4.84. The monoisotopic (exact) mass is 230 g/mol. The molecule has 0 bridgehead atoms.